The second-order valence-electron chi connectivity index (χ2n) is 14.2. The zero-order valence-corrected chi connectivity index (χ0v) is 33.1. The van der Waals surface area contributed by atoms with E-state index in [0.717, 1.165) is 24.8 Å². The average molecular weight is 975 g/mol. The molecule has 0 atom stereocenters. The molecule has 6 rings (SSSR count). The number of pyridine rings is 1. The molecule has 6 aromatic rings. The normalized spacial score (nSPS) is 11.5. The maximum atomic E-state index is 15.4. The fourth-order valence-electron chi connectivity index (χ4n) is 7.18. The standard InChI is InChI=1S/C24BF20.C19H22NO2/c26-5-1(6(27)14(35)21(42)13(5)34)25(2-7(28)15(36)22(43)16(37)8(2)29,3-9(30)17(38)23(44)18(39)10(3)31)4-11(32)19(40)24(45)20(41)12(4)33;1-2-3-5-10-18(21)17-11-13-20(14-12-17)15-19(22)16-8-6-4-7-9-16/h;4,6-9,11-14H,2-3,5,10,15H2,1H3/q-1;+1. The summed E-state index contributed by atoms with van der Waals surface area (Å²) in [7, 11) is 0. The third kappa shape index (κ3) is 8.84. The molecule has 0 aliphatic rings. The monoisotopic (exact) mass is 975 g/mol. The van der Waals surface area contributed by atoms with Crippen molar-refractivity contribution in [3.63, 3.8) is 0 Å². The molecule has 354 valence electrons. The van der Waals surface area contributed by atoms with Crippen LogP contribution in [-0.2, 0) is 6.54 Å². The molecule has 67 heavy (non-hydrogen) atoms. The summed E-state index contributed by atoms with van der Waals surface area (Å²) in [6.45, 7) is 2.41. The lowest BCUT2D eigenvalue weighted by atomic mass is 9.12. The molecule has 24 heteroatoms. The Morgan fingerprint density at radius 1 is 0.373 bits per heavy atom. The maximum Gasteiger partial charge on any atom is 0.227 e. The van der Waals surface area contributed by atoms with Gasteiger partial charge in [0.15, 0.2) is 88.0 Å². The van der Waals surface area contributed by atoms with Gasteiger partial charge in [0.1, 0.15) is 52.7 Å². The van der Waals surface area contributed by atoms with E-state index in [2.05, 4.69) is 6.92 Å². The Hall–Kier alpha value is -6.75. The van der Waals surface area contributed by atoms with Gasteiger partial charge in [-0.25, -0.2) is 87.8 Å². The van der Waals surface area contributed by atoms with Gasteiger partial charge < -0.3 is 0 Å². The van der Waals surface area contributed by atoms with Crippen molar-refractivity contribution in [1.82, 2.24) is 0 Å². The summed E-state index contributed by atoms with van der Waals surface area (Å²) < 4.78 is 296. The van der Waals surface area contributed by atoms with E-state index in [4.69, 9.17) is 0 Å². The van der Waals surface area contributed by atoms with Crippen molar-refractivity contribution in [2.24, 2.45) is 0 Å². The van der Waals surface area contributed by atoms with E-state index in [1.54, 1.807) is 29.1 Å². The molecular weight excluding hydrogens is 953 g/mol. The van der Waals surface area contributed by atoms with Gasteiger partial charge in [-0.1, -0.05) is 50.1 Å². The van der Waals surface area contributed by atoms with Crippen LogP contribution in [0, 0.1) is 116 Å². The quantitative estimate of drug-likeness (QED) is 0.0233. The molecule has 3 nitrogen and oxygen atoms in total. The first kappa shape index (κ1) is 51.2. The molecule has 5 aromatic carbocycles. The Balaban J connectivity index is 0.000000319. The molecular formula is C43H22BF20NO2. The van der Waals surface area contributed by atoms with Gasteiger partial charge in [-0.05, 0) is 6.42 Å². The fraction of sp³-hybridized carbons (Fsp3) is 0.140. The number of rotatable bonds is 12. The highest BCUT2D eigenvalue weighted by Crippen LogP contribution is 2.31. The largest absolute Gasteiger partial charge is 0.294 e. The second-order valence-corrected chi connectivity index (χ2v) is 14.2. The molecule has 1 aromatic heterocycles. The Morgan fingerprint density at radius 2 is 0.642 bits per heavy atom. The van der Waals surface area contributed by atoms with Crippen LogP contribution in [0.5, 0.6) is 0 Å². The lowest BCUT2D eigenvalue weighted by Crippen LogP contribution is -2.81. The predicted octanol–water partition coefficient (Wildman–Crippen LogP) is 9.47. The van der Waals surface area contributed by atoms with E-state index < -0.39 is 144 Å². The first-order valence-electron chi connectivity index (χ1n) is 18.7. The van der Waals surface area contributed by atoms with Crippen LogP contribution in [0.1, 0.15) is 53.3 Å². The molecule has 0 spiro atoms. The summed E-state index contributed by atoms with van der Waals surface area (Å²) in [6, 6.07) is 12.8. The number of nitrogens with zero attached hydrogens (tertiary/aromatic N) is 1. The first-order chi connectivity index (χ1) is 31.4. The van der Waals surface area contributed by atoms with E-state index >= 15 is 35.1 Å². The number of ketones is 2. The van der Waals surface area contributed by atoms with E-state index in [-0.39, 0.29) is 18.1 Å². The van der Waals surface area contributed by atoms with E-state index in [1.807, 2.05) is 30.3 Å². The van der Waals surface area contributed by atoms with Crippen molar-refractivity contribution >= 4 is 39.6 Å². The summed E-state index contributed by atoms with van der Waals surface area (Å²) in [5.74, 6) is -71.2. The summed E-state index contributed by atoms with van der Waals surface area (Å²) >= 11 is 0. The van der Waals surface area contributed by atoms with Crippen molar-refractivity contribution in [2.75, 3.05) is 0 Å². The van der Waals surface area contributed by atoms with Crippen LogP contribution in [0.15, 0.2) is 54.9 Å². The van der Waals surface area contributed by atoms with Gasteiger partial charge >= 0.3 is 0 Å². The number of carbonyl (C=O) groups excluding carboxylic acids is 2. The van der Waals surface area contributed by atoms with Crippen LogP contribution in [0.25, 0.3) is 0 Å². The molecule has 0 aliphatic heterocycles. The molecule has 0 unspecified atom stereocenters. The lowest BCUT2D eigenvalue weighted by molar-refractivity contribution is -0.683. The molecule has 0 fully saturated rings. The van der Waals surface area contributed by atoms with Gasteiger partial charge in [0.2, 0.25) is 12.3 Å². The Bertz CT molecular complexity index is 2550. The van der Waals surface area contributed by atoms with E-state index in [1.165, 1.54) is 0 Å². The number of aromatic nitrogens is 1. The SMILES string of the molecule is CCCCCC(=O)c1cc[n+](CC(=O)c2ccccc2)cc1.Fc1c(F)c(F)c([B-](c2c(F)c(F)c(F)c(F)c2F)(c2c(F)c(F)c(F)c(F)c2F)c2c(F)c(F)c(F)c(F)c2F)c(F)c1F. The van der Waals surface area contributed by atoms with Gasteiger partial charge in [0, 0.05) is 29.7 Å². The van der Waals surface area contributed by atoms with Crippen LogP contribution in [0.3, 0.4) is 0 Å². The van der Waals surface area contributed by atoms with Crippen molar-refractivity contribution in [3.05, 3.63) is 182 Å². The third-order valence-electron chi connectivity index (χ3n) is 10.3. The summed E-state index contributed by atoms with van der Waals surface area (Å²) in [5, 5.41) is 0. The van der Waals surface area contributed by atoms with Crippen molar-refractivity contribution in [2.45, 2.75) is 39.2 Å². The molecule has 0 saturated carbocycles. The Morgan fingerprint density at radius 3 is 0.925 bits per heavy atom. The molecule has 1 heterocycles. The number of Topliss-reactive ketones (excluding diaryl/α,β-unsaturated/α-hetero) is 2. The Kier molecular flexibility index (Phi) is 15.3. The smallest absolute Gasteiger partial charge is 0.227 e. The van der Waals surface area contributed by atoms with Crippen molar-refractivity contribution < 1.29 is 102 Å². The first-order valence-corrected chi connectivity index (χ1v) is 18.7. The van der Waals surface area contributed by atoms with Crippen LogP contribution in [-0.4, -0.2) is 17.7 Å². The topological polar surface area (TPSA) is 38.0 Å². The molecule has 0 N–H and O–H groups in total. The van der Waals surface area contributed by atoms with Crippen molar-refractivity contribution in [3.8, 4) is 0 Å². The molecule has 0 aliphatic carbocycles. The van der Waals surface area contributed by atoms with Gasteiger partial charge in [0.05, 0.1) is 0 Å². The molecule has 0 saturated heterocycles. The number of carbonyl (C=O) groups is 2. The zero-order chi connectivity index (χ0) is 50.1. The minimum atomic E-state index is -7.22. The lowest BCUT2D eigenvalue weighted by Gasteiger charge is -2.44. The highest BCUT2D eigenvalue weighted by Gasteiger charge is 2.52. The van der Waals surface area contributed by atoms with Gasteiger partial charge in [-0.15, -0.1) is 21.9 Å². The molecule has 0 amide bonds. The summed E-state index contributed by atoms with van der Waals surface area (Å²) in [6.07, 6.45) is 0.123. The van der Waals surface area contributed by atoms with E-state index in [9.17, 15) is 62.3 Å². The van der Waals surface area contributed by atoms with Crippen LogP contribution >= 0.6 is 0 Å². The third-order valence-corrected chi connectivity index (χ3v) is 10.3. The van der Waals surface area contributed by atoms with Gasteiger partial charge in [-0.3, -0.25) is 9.59 Å². The number of unbranched alkanes of at least 4 members (excludes halogenated alkanes) is 2. The fourth-order valence-corrected chi connectivity index (χ4v) is 7.18. The predicted molar refractivity (Wildman–Crippen MR) is 195 cm³/mol. The summed E-state index contributed by atoms with van der Waals surface area (Å²) in [5.41, 5.74) is -12.9. The number of halogens is 20. The molecule has 0 radical (unpaired) electrons. The van der Waals surface area contributed by atoms with Crippen molar-refractivity contribution in [1.29, 1.82) is 0 Å². The number of hydrogen-bond acceptors (Lipinski definition) is 2. The van der Waals surface area contributed by atoms with Crippen LogP contribution < -0.4 is 26.4 Å². The van der Waals surface area contributed by atoms with Crippen LogP contribution in [0.2, 0.25) is 0 Å². The minimum absolute atomic E-state index is 0.0626. The van der Waals surface area contributed by atoms with Gasteiger partial charge in [-0.2, -0.15) is 4.57 Å². The Labute approximate surface area is 362 Å². The minimum Gasteiger partial charge on any atom is -0.294 e. The van der Waals surface area contributed by atoms with Crippen LogP contribution in [0.4, 0.5) is 87.8 Å². The summed E-state index contributed by atoms with van der Waals surface area (Å²) in [4.78, 5) is 24.1. The molecule has 0 bridgehead atoms. The van der Waals surface area contributed by atoms with E-state index in [0.29, 0.717) is 12.0 Å². The average Bonchev–Trinajstić information content (AvgIpc) is 3.32. The highest BCUT2D eigenvalue weighted by atomic mass is 19.2. The second kappa shape index (κ2) is 20.0. The maximum absolute atomic E-state index is 15.4. The van der Waals surface area contributed by atoms with Gasteiger partial charge in [0.25, 0.3) is 0 Å². The number of hydrogen-bond donors (Lipinski definition) is 0. The zero-order valence-electron chi connectivity index (χ0n) is 33.1. The highest BCUT2D eigenvalue weighted by molar-refractivity contribution is 7.20. The number of benzene rings is 5.